The number of alkyl halides is 1. The normalized spacial score (nSPS) is 21.0. The van der Waals surface area contributed by atoms with E-state index in [1.807, 2.05) is 10.6 Å². The van der Waals surface area contributed by atoms with Gasteiger partial charge in [0.25, 0.3) is 0 Å². The average Bonchev–Trinajstić information content (AvgIpc) is 3.14. The first-order chi connectivity index (χ1) is 11.2. The molecule has 23 heavy (non-hydrogen) atoms. The topological polar surface area (TPSA) is 67.1 Å². The van der Waals surface area contributed by atoms with Gasteiger partial charge < -0.3 is 10.6 Å². The van der Waals surface area contributed by atoms with E-state index in [4.69, 9.17) is 11.6 Å². The number of anilines is 1. The molecule has 2 atom stereocenters. The van der Waals surface area contributed by atoms with Gasteiger partial charge in [-0.2, -0.15) is 0 Å². The predicted molar refractivity (Wildman–Crippen MR) is 86.4 cm³/mol. The largest absolute Gasteiger partial charge is 0.362 e. The van der Waals surface area contributed by atoms with Crippen molar-refractivity contribution in [1.29, 1.82) is 0 Å². The van der Waals surface area contributed by atoms with Crippen molar-refractivity contribution in [1.82, 2.24) is 24.7 Å². The van der Waals surface area contributed by atoms with Crippen LogP contribution in [0.3, 0.4) is 0 Å². The highest BCUT2D eigenvalue weighted by molar-refractivity contribution is 6.30. The van der Waals surface area contributed by atoms with Crippen molar-refractivity contribution in [3.05, 3.63) is 41.9 Å². The van der Waals surface area contributed by atoms with Crippen molar-refractivity contribution >= 4 is 23.1 Å². The SMILES string of the molecule is F[C@H]1CNC[C@@H]1Nc1cncc(-c2cnc3cc(Cl)ccn23)n1. The van der Waals surface area contributed by atoms with Crippen molar-refractivity contribution in [3.63, 3.8) is 0 Å². The van der Waals surface area contributed by atoms with Gasteiger partial charge in [0.15, 0.2) is 0 Å². The van der Waals surface area contributed by atoms with Crippen LogP contribution in [0.4, 0.5) is 10.2 Å². The van der Waals surface area contributed by atoms with Crippen LogP contribution < -0.4 is 10.6 Å². The first kappa shape index (κ1) is 14.3. The Morgan fingerprint density at radius 3 is 3.04 bits per heavy atom. The van der Waals surface area contributed by atoms with Crippen LogP contribution in [-0.2, 0) is 0 Å². The van der Waals surface area contributed by atoms with E-state index >= 15 is 0 Å². The summed E-state index contributed by atoms with van der Waals surface area (Å²) >= 11 is 5.98. The van der Waals surface area contributed by atoms with Gasteiger partial charge in [0.1, 0.15) is 23.3 Å². The summed E-state index contributed by atoms with van der Waals surface area (Å²) in [5, 5.41) is 6.71. The molecule has 4 rings (SSSR count). The number of aromatic nitrogens is 4. The van der Waals surface area contributed by atoms with Gasteiger partial charge in [-0.05, 0) is 6.07 Å². The number of pyridine rings is 1. The molecule has 1 aliphatic rings. The third-order valence-electron chi connectivity index (χ3n) is 3.85. The van der Waals surface area contributed by atoms with Gasteiger partial charge in [-0.15, -0.1) is 0 Å². The molecule has 6 nitrogen and oxygen atoms in total. The number of rotatable bonds is 3. The first-order valence-electron chi connectivity index (χ1n) is 7.27. The quantitative estimate of drug-likeness (QED) is 0.769. The van der Waals surface area contributed by atoms with Crippen LogP contribution in [-0.4, -0.2) is 44.7 Å². The Bertz CT molecular complexity index is 851. The number of nitrogens with zero attached hydrogens (tertiary/aromatic N) is 4. The Morgan fingerprint density at radius 1 is 1.30 bits per heavy atom. The first-order valence-corrected chi connectivity index (χ1v) is 7.65. The zero-order chi connectivity index (χ0) is 15.8. The molecule has 0 aromatic carbocycles. The van der Waals surface area contributed by atoms with Crippen LogP contribution in [0, 0.1) is 0 Å². The molecule has 0 unspecified atom stereocenters. The lowest BCUT2D eigenvalue weighted by Crippen LogP contribution is -2.29. The van der Waals surface area contributed by atoms with Gasteiger partial charge in [0.2, 0.25) is 0 Å². The summed E-state index contributed by atoms with van der Waals surface area (Å²) in [5.74, 6) is 0.544. The summed E-state index contributed by atoms with van der Waals surface area (Å²) in [6, 6.07) is 3.27. The highest BCUT2D eigenvalue weighted by Gasteiger charge is 2.26. The number of halogens is 2. The fraction of sp³-hybridized carbons (Fsp3) is 0.267. The molecular formula is C15H14ClFN6. The lowest BCUT2D eigenvalue weighted by atomic mass is 10.2. The molecule has 0 spiro atoms. The molecule has 4 heterocycles. The smallest absolute Gasteiger partial charge is 0.145 e. The van der Waals surface area contributed by atoms with Gasteiger partial charge >= 0.3 is 0 Å². The third kappa shape index (κ3) is 2.73. The number of hydrogen-bond acceptors (Lipinski definition) is 5. The molecule has 0 saturated carbocycles. The number of hydrogen-bond donors (Lipinski definition) is 2. The number of fused-ring (bicyclic) bond motifs is 1. The maximum atomic E-state index is 13.7. The van der Waals surface area contributed by atoms with Crippen molar-refractivity contribution in [3.8, 4) is 11.4 Å². The lowest BCUT2D eigenvalue weighted by molar-refractivity contribution is 0.342. The van der Waals surface area contributed by atoms with Crippen LogP contribution >= 0.6 is 11.6 Å². The fourth-order valence-corrected chi connectivity index (χ4v) is 2.84. The van der Waals surface area contributed by atoms with E-state index in [9.17, 15) is 4.39 Å². The fourth-order valence-electron chi connectivity index (χ4n) is 2.68. The number of imidazole rings is 1. The summed E-state index contributed by atoms with van der Waals surface area (Å²) in [7, 11) is 0. The van der Waals surface area contributed by atoms with E-state index in [0.29, 0.717) is 29.6 Å². The monoisotopic (exact) mass is 332 g/mol. The molecular weight excluding hydrogens is 319 g/mol. The van der Waals surface area contributed by atoms with E-state index in [0.717, 1.165) is 11.3 Å². The Hall–Kier alpha value is -2.25. The van der Waals surface area contributed by atoms with Crippen molar-refractivity contribution in [2.24, 2.45) is 0 Å². The molecule has 118 valence electrons. The molecule has 2 N–H and O–H groups in total. The minimum Gasteiger partial charge on any atom is -0.362 e. The van der Waals surface area contributed by atoms with Crippen LogP contribution in [0.5, 0.6) is 0 Å². The van der Waals surface area contributed by atoms with Crippen molar-refractivity contribution in [2.45, 2.75) is 12.2 Å². The number of nitrogens with one attached hydrogen (secondary N) is 2. The van der Waals surface area contributed by atoms with E-state index in [-0.39, 0.29) is 6.04 Å². The highest BCUT2D eigenvalue weighted by Crippen LogP contribution is 2.22. The summed E-state index contributed by atoms with van der Waals surface area (Å²) in [6.45, 7) is 0.931. The second-order valence-corrected chi connectivity index (χ2v) is 5.87. The van der Waals surface area contributed by atoms with Crippen LogP contribution in [0.15, 0.2) is 36.9 Å². The molecule has 1 saturated heterocycles. The highest BCUT2D eigenvalue weighted by atomic mass is 35.5. The van der Waals surface area contributed by atoms with E-state index in [1.54, 1.807) is 30.7 Å². The molecule has 0 aliphatic carbocycles. The van der Waals surface area contributed by atoms with Crippen molar-refractivity contribution < 1.29 is 4.39 Å². The van der Waals surface area contributed by atoms with Crippen LogP contribution in [0.2, 0.25) is 5.02 Å². The summed E-state index contributed by atoms with van der Waals surface area (Å²) in [5.41, 5.74) is 2.19. The predicted octanol–water partition coefficient (Wildman–Crippen LogP) is 2.17. The summed E-state index contributed by atoms with van der Waals surface area (Å²) in [4.78, 5) is 13.0. The Balaban J connectivity index is 1.67. The Labute approximate surface area is 136 Å². The van der Waals surface area contributed by atoms with Gasteiger partial charge in [-0.1, -0.05) is 11.6 Å². The standard InChI is InChI=1S/C15H14ClFN6/c16-9-1-2-23-13(7-20-15(23)3-9)12-6-19-8-14(22-12)21-11-5-18-4-10(11)17/h1-3,6-8,10-11,18H,4-5H2,(H,21,22)/t10-,11-/m0/s1. The minimum absolute atomic E-state index is 0.291. The molecule has 3 aromatic rings. The molecule has 3 aromatic heterocycles. The van der Waals surface area contributed by atoms with Crippen LogP contribution in [0.25, 0.3) is 17.0 Å². The van der Waals surface area contributed by atoms with Gasteiger partial charge in [0, 0.05) is 30.4 Å². The maximum absolute atomic E-state index is 13.7. The molecule has 1 aliphatic heterocycles. The van der Waals surface area contributed by atoms with Crippen LogP contribution in [0.1, 0.15) is 0 Å². The lowest BCUT2D eigenvalue weighted by Gasteiger charge is -2.14. The molecule has 0 bridgehead atoms. The maximum Gasteiger partial charge on any atom is 0.145 e. The molecule has 0 amide bonds. The molecule has 0 radical (unpaired) electrons. The zero-order valence-electron chi connectivity index (χ0n) is 12.1. The minimum atomic E-state index is -0.932. The second-order valence-electron chi connectivity index (χ2n) is 5.43. The zero-order valence-corrected chi connectivity index (χ0v) is 12.8. The van der Waals surface area contributed by atoms with Gasteiger partial charge in [0.05, 0.1) is 30.3 Å². The van der Waals surface area contributed by atoms with E-state index in [1.165, 1.54) is 0 Å². The van der Waals surface area contributed by atoms with Gasteiger partial charge in [-0.3, -0.25) is 9.38 Å². The van der Waals surface area contributed by atoms with Crippen molar-refractivity contribution in [2.75, 3.05) is 18.4 Å². The molecule has 1 fully saturated rings. The van der Waals surface area contributed by atoms with E-state index in [2.05, 4.69) is 25.6 Å². The van der Waals surface area contributed by atoms with Gasteiger partial charge in [-0.25, -0.2) is 14.4 Å². The summed E-state index contributed by atoms with van der Waals surface area (Å²) < 4.78 is 15.6. The van der Waals surface area contributed by atoms with E-state index < -0.39 is 6.17 Å². The molecule has 8 heteroatoms. The second kappa shape index (κ2) is 5.75. The Kier molecular flexibility index (Phi) is 3.59. The Morgan fingerprint density at radius 2 is 2.22 bits per heavy atom. The summed E-state index contributed by atoms with van der Waals surface area (Å²) in [6.07, 6.45) is 5.87. The third-order valence-corrected chi connectivity index (χ3v) is 4.08. The average molecular weight is 333 g/mol.